The van der Waals surface area contributed by atoms with Crippen molar-refractivity contribution in [1.29, 1.82) is 0 Å². The van der Waals surface area contributed by atoms with Gasteiger partial charge in [0.15, 0.2) is 5.78 Å². The molecule has 1 aromatic rings. The highest BCUT2D eigenvalue weighted by Gasteiger charge is 2.10. The molecule has 0 saturated carbocycles. The molecule has 1 aromatic carbocycles. The summed E-state index contributed by atoms with van der Waals surface area (Å²) in [5.74, 6) is -0.00216. The number of carbonyl (C=O) groups excluding carboxylic acids is 1. The van der Waals surface area contributed by atoms with Crippen LogP contribution in [-0.4, -0.2) is 11.7 Å². The van der Waals surface area contributed by atoms with Gasteiger partial charge in [-0.05, 0) is 47.2 Å². The van der Waals surface area contributed by atoms with Crippen molar-refractivity contribution < 1.29 is 4.79 Å². The Kier molecular flexibility index (Phi) is 4.19. The number of benzene rings is 1. The Balaban J connectivity index is 3.23. The quantitative estimate of drug-likeness (QED) is 0.438. The predicted molar refractivity (Wildman–Crippen MR) is 66.6 cm³/mol. The highest BCUT2D eigenvalue weighted by atomic mass is 127. The van der Waals surface area contributed by atoms with Crippen molar-refractivity contribution >= 4 is 55.9 Å². The minimum atomic E-state index is -0.0354. The topological polar surface area (TPSA) is 17.1 Å². The number of halogens is 3. The third kappa shape index (κ3) is 2.67. The molecule has 4 heteroatoms. The Morgan fingerprint density at radius 3 is 2.77 bits per heavy atom. The van der Waals surface area contributed by atoms with Crippen LogP contribution < -0.4 is 0 Å². The molecule has 0 heterocycles. The van der Waals surface area contributed by atoms with Gasteiger partial charge in [0.05, 0.1) is 5.88 Å². The number of rotatable bonds is 2. The van der Waals surface area contributed by atoms with Gasteiger partial charge in [0.25, 0.3) is 0 Å². The Morgan fingerprint density at radius 1 is 1.62 bits per heavy atom. The lowest BCUT2D eigenvalue weighted by Gasteiger charge is -2.04. The van der Waals surface area contributed by atoms with Gasteiger partial charge in [-0.25, -0.2) is 0 Å². The molecular weight excluding hydrogens is 366 g/mol. The first kappa shape index (κ1) is 11.5. The molecule has 0 bridgehead atoms. The van der Waals surface area contributed by atoms with Crippen molar-refractivity contribution in [2.75, 3.05) is 5.88 Å². The molecule has 0 unspecified atom stereocenters. The van der Waals surface area contributed by atoms with Crippen LogP contribution in [0.3, 0.4) is 0 Å². The van der Waals surface area contributed by atoms with Crippen molar-refractivity contribution in [2.45, 2.75) is 6.92 Å². The lowest BCUT2D eigenvalue weighted by atomic mass is 10.1. The number of carbonyl (C=O) groups is 1. The van der Waals surface area contributed by atoms with Crippen LogP contribution >= 0.6 is 50.1 Å². The van der Waals surface area contributed by atoms with Crippen LogP contribution in [0.2, 0.25) is 0 Å². The summed E-state index contributed by atoms with van der Waals surface area (Å²) in [5.41, 5.74) is 1.81. The van der Waals surface area contributed by atoms with E-state index < -0.39 is 0 Å². The summed E-state index contributed by atoms with van der Waals surface area (Å²) in [6.07, 6.45) is 0. The molecule has 0 aliphatic rings. The van der Waals surface area contributed by atoms with Gasteiger partial charge in [-0.15, -0.1) is 11.6 Å². The molecule has 0 N–H and O–H groups in total. The maximum absolute atomic E-state index is 11.3. The van der Waals surface area contributed by atoms with E-state index in [0.717, 1.165) is 13.6 Å². The molecule has 0 atom stereocenters. The first-order chi connectivity index (χ1) is 6.06. The third-order valence-electron chi connectivity index (χ3n) is 1.67. The predicted octanol–water partition coefficient (Wildman–Crippen LogP) is 3.78. The van der Waals surface area contributed by atoms with Crippen LogP contribution in [-0.2, 0) is 0 Å². The Labute approximate surface area is 104 Å². The normalized spacial score (nSPS) is 10.2. The molecule has 0 aliphatic heterocycles. The lowest BCUT2D eigenvalue weighted by molar-refractivity contribution is 0.102. The largest absolute Gasteiger partial charge is 0.293 e. The Bertz CT molecular complexity index is 352. The smallest absolute Gasteiger partial charge is 0.178 e. The highest BCUT2D eigenvalue weighted by molar-refractivity contribution is 14.1. The van der Waals surface area contributed by atoms with Gasteiger partial charge in [0, 0.05) is 13.6 Å². The van der Waals surface area contributed by atoms with Gasteiger partial charge in [0.1, 0.15) is 0 Å². The highest BCUT2D eigenvalue weighted by Crippen LogP contribution is 2.23. The minimum absolute atomic E-state index is 0.0332. The van der Waals surface area contributed by atoms with Crippen molar-refractivity contribution in [1.82, 2.24) is 0 Å². The summed E-state index contributed by atoms with van der Waals surface area (Å²) >= 11 is 11.0. The van der Waals surface area contributed by atoms with E-state index in [1.165, 1.54) is 0 Å². The van der Waals surface area contributed by atoms with Crippen molar-refractivity contribution in [3.05, 3.63) is 31.3 Å². The van der Waals surface area contributed by atoms with Crippen LogP contribution in [0.4, 0.5) is 0 Å². The zero-order valence-corrected chi connectivity index (χ0v) is 11.4. The molecule has 0 aromatic heterocycles. The molecule has 13 heavy (non-hydrogen) atoms. The Morgan fingerprint density at radius 2 is 2.23 bits per heavy atom. The van der Waals surface area contributed by atoms with E-state index in [2.05, 4.69) is 38.5 Å². The zero-order chi connectivity index (χ0) is 10.0. The minimum Gasteiger partial charge on any atom is -0.293 e. The van der Waals surface area contributed by atoms with Crippen molar-refractivity contribution in [2.24, 2.45) is 0 Å². The maximum atomic E-state index is 11.3. The van der Waals surface area contributed by atoms with Gasteiger partial charge < -0.3 is 0 Å². The fourth-order valence-electron chi connectivity index (χ4n) is 0.932. The molecule has 1 nitrogen and oxygen atoms in total. The van der Waals surface area contributed by atoms with E-state index in [1.54, 1.807) is 0 Å². The summed E-state index contributed by atoms with van der Waals surface area (Å²) in [6, 6.07) is 3.78. The van der Waals surface area contributed by atoms with Gasteiger partial charge in [-0.2, -0.15) is 0 Å². The van der Waals surface area contributed by atoms with Crippen LogP contribution in [0.5, 0.6) is 0 Å². The summed E-state index contributed by atoms with van der Waals surface area (Å²) in [5, 5.41) is 0. The van der Waals surface area contributed by atoms with Crippen LogP contribution in [0.1, 0.15) is 15.9 Å². The number of hydrogen-bond donors (Lipinski definition) is 0. The number of Topliss-reactive ketones (excluding diaryl/α,β-unsaturated/α-hetero) is 1. The first-order valence-electron chi connectivity index (χ1n) is 3.61. The van der Waals surface area contributed by atoms with Gasteiger partial charge in [-0.3, -0.25) is 4.79 Å². The monoisotopic (exact) mass is 372 g/mol. The SMILES string of the molecule is Cc1cc(I)c(C(=O)CCl)cc1Br. The number of alkyl halides is 1. The fraction of sp³-hybridized carbons (Fsp3) is 0.222. The first-order valence-corrected chi connectivity index (χ1v) is 6.01. The van der Waals surface area contributed by atoms with Crippen LogP contribution in [0.25, 0.3) is 0 Å². The Hall–Kier alpha value is 0.390. The molecule has 0 radical (unpaired) electrons. The van der Waals surface area contributed by atoms with E-state index in [0.29, 0.717) is 5.56 Å². The van der Waals surface area contributed by atoms with Gasteiger partial charge >= 0.3 is 0 Å². The summed E-state index contributed by atoms with van der Waals surface area (Å²) < 4.78 is 1.89. The summed E-state index contributed by atoms with van der Waals surface area (Å²) in [4.78, 5) is 11.3. The maximum Gasteiger partial charge on any atom is 0.178 e. The van der Waals surface area contributed by atoms with Crippen molar-refractivity contribution in [3.63, 3.8) is 0 Å². The molecule has 0 aliphatic carbocycles. The van der Waals surface area contributed by atoms with Crippen molar-refractivity contribution in [3.8, 4) is 0 Å². The van der Waals surface area contributed by atoms with E-state index >= 15 is 0 Å². The second-order valence-electron chi connectivity index (χ2n) is 2.64. The molecule has 0 saturated heterocycles. The standard InChI is InChI=1S/C9H7BrClIO/c1-5-2-8(12)6(3-7(5)10)9(13)4-11/h2-3H,4H2,1H3. The third-order valence-corrected chi connectivity index (χ3v) is 3.66. The van der Waals surface area contributed by atoms with Crippen LogP contribution in [0, 0.1) is 10.5 Å². The van der Waals surface area contributed by atoms with Gasteiger partial charge in [0.2, 0.25) is 0 Å². The summed E-state index contributed by atoms with van der Waals surface area (Å²) in [6.45, 7) is 1.99. The molecule has 0 spiro atoms. The van der Waals surface area contributed by atoms with E-state index in [1.807, 2.05) is 19.1 Å². The van der Waals surface area contributed by atoms with Gasteiger partial charge in [-0.1, -0.05) is 15.9 Å². The van der Waals surface area contributed by atoms with Crippen LogP contribution in [0.15, 0.2) is 16.6 Å². The number of ketones is 1. The lowest BCUT2D eigenvalue weighted by Crippen LogP contribution is -2.03. The molecule has 0 amide bonds. The zero-order valence-electron chi connectivity index (χ0n) is 6.90. The summed E-state index contributed by atoms with van der Waals surface area (Å²) in [7, 11) is 0. The molecular formula is C9H7BrClIO. The molecule has 70 valence electrons. The van der Waals surface area contributed by atoms with E-state index in [-0.39, 0.29) is 11.7 Å². The molecule has 0 fully saturated rings. The fourth-order valence-corrected chi connectivity index (χ4v) is 2.34. The average Bonchev–Trinajstić information content (AvgIpc) is 2.10. The second kappa shape index (κ2) is 4.75. The number of hydrogen-bond acceptors (Lipinski definition) is 1. The second-order valence-corrected chi connectivity index (χ2v) is 4.92. The van der Waals surface area contributed by atoms with E-state index in [4.69, 9.17) is 11.6 Å². The van der Waals surface area contributed by atoms with E-state index in [9.17, 15) is 4.79 Å². The average molecular weight is 373 g/mol. The number of aryl methyl sites for hydroxylation is 1. The molecule has 1 rings (SSSR count).